The SMILES string of the molecule is C[C@@H](Nc1ncnc2[nH]c(=O)c(C3CCS(=O)(=O)CC3)cc12)c1cccc(C(F)(F)CCC2CCN(C(=O)OC(C)(C)C)CC2)c1F. The van der Waals surface area contributed by atoms with Crippen LogP contribution in [0.1, 0.15) is 94.9 Å². The maximum absolute atomic E-state index is 15.8. The highest BCUT2D eigenvalue weighted by Crippen LogP contribution is 2.39. The molecule has 1 amide bonds. The number of pyridine rings is 1. The zero-order chi connectivity index (χ0) is 34.1. The van der Waals surface area contributed by atoms with Gasteiger partial charge in [-0.3, -0.25) is 4.79 Å². The number of H-pyrrole nitrogens is 1. The van der Waals surface area contributed by atoms with E-state index in [1.165, 1.54) is 18.5 Å². The highest BCUT2D eigenvalue weighted by molar-refractivity contribution is 7.91. The second-order valence-electron chi connectivity index (χ2n) is 13.7. The number of aromatic nitrogens is 3. The molecule has 0 unspecified atom stereocenters. The average molecular weight is 678 g/mol. The van der Waals surface area contributed by atoms with Gasteiger partial charge >= 0.3 is 6.09 Å². The number of likely N-dealkylation sites (tertiary alicyclic amines) is 1. The number of hydrogen-bond donors (Lipinski definition) is 2. The second-order valence-corrected chi connectivity index (χ2v) is 16.0. The van der Waals surface area contributed by atoms with Crippen molar-refractivity contribution >= 4 is 32.8 Å². The summed E-state index contributed by atoms with van der Waals surface area (Å²) in [7, 11) is -3.13. The topological polar surface area (TPSA) is 134 Å². The van der Waals surface area contributed by atoms with Gasteiger partial charge in [-0.05, 0) is 77.7 Å². The van der Waals surface area contributed by atoms with Gasteiger partial charge in [0.25, 0.3) is 11.5 Å². The number of benzene rings is 1. The Hall–Kier alpha value is -3.68. The van der Waals surface area contributed by atoms with Gasteiger partial charge in [-0.1, -0.05) is 18.2 Å². The number of piperidine rings is 1. The number of carbonyl (C=O) groups excluding carboxylic acids is 1. The van der Waals surface area contributed by atoms with Gasteiger partial charge in [0.2, 0.25) is 0 Å². The lowest BCUT2D eigenvalue weighted by Gasteiger charge is -2.34. The van der Waals surface area contributed by atoms with Gasteiger partial charge in [0.1, 0.15) is 39.0 Å². The van der Waals surface area contributed by atoms with E-state index < -0.39 is 51.3 Å². The lowest BCUT2D eigenvalue weighted by Crippen LogP contribution is -2.41. The van der Waals surface area contributed by atoms with Gasteiger partial charge in [0.15, 0.2) is 0 Å². The van der Waals surface area contributed by atoms with E-state index in [0.717, 1.165) is 6.07 Å². The summed E-state index contributed by atoms with van der Waals surface area (Å²) in [6.45, 7) is 7.85. The molecule has 0 spiro atoms. The Morgan fingerprint density at radius 3 is 2.47 bits per heavy atom. The van der Waals surface area contributed by atoms with Crippen molar-refractivity contribution in [1.29, 1.82) is 0 Å². The standard InChI is InChI=1S/C33H42F3N5O5S/c1-20(39-28-25-18-24(22-11-16-47(44,45)17-12-22)30(42)40-29(25)38-19-37-28)23-6-5-7-26(27(23)34)33(35,36)13-8-21-9-14-41(15-10-21)31(43)46-32(2,3)4/h5-7,18-22H,8-17H2,1-4H3,(H2,37,38,39,40,42)/t20-/m1/s1. The largest absolute Gasteiger partial charge is 0.444 e. The normalized spacial score (nSPS) is 18.7. The van der Waals surface area contributed by atoms with Crippen molar-refractivity contribution < 1.29 is 31.1 Å². The highest BCUT2D eigenvalue weighted by Gasteiger charge is 2.37. The van der Waals surface area contributed by atoms with Gasteiger partial charge < -0.3 is 19.9 Å². The van der Waals surface area contributed by atoms with E-state index in [4.69, 9.17) is 4.74 Å². The summed E-state index contributed by atoms with van der Waals surface area (Å²) in [6, 6.07) is 4.81. The number of alkyl halides is 2. The molecule has 0 saturated carbocycles. The van der Waals surface area contributed by atoms with Crippen LogP contribution < -0.4 is 10.9 Å². The zero-order valence-corrected chi connectivity index (χ0v) is 27.9. The molecule has 10 nitrogen and oxygen atoms in total. The van der Waals surface area contributed by atoms with Crippen LogP contribution in [0, 0.1) is 11.7 Å². The average Bonchev–Trinajstić information content (AvgIpc) is 2.99. The third-order valence-electron chi connectivity index (χ3n) is 9.05. The number of carbonyl (C=O) groups is 1. The summed E-state index contributed by atoms with van der Waals surface area (Å²) < 4.78 is 76.1. The van der Waals surface area contributed by atoms with Crippen LogP contribution in [0.15, 0.2) is 35.4 Å². The number of hydrogen-bond acceptors (Lipinski definition) is 8. The molecular formula is C33H42F3N5O5S. The van der Waals surface area contributed by atoms with E-state index in [-0.39, 0.29) is 52.4 Å². The molecule has 2 fully saturated rings. The number of halogens is 3. The molecule has 0 radical (unpaired) electrons. The van der Waals surface area contributed by atoms with Crippen molar-refractivity contribution in [3.63, 3.8) is 0 Å². The maximum Gasteiger partial charge on any atom is 0.410 e. The molecule has 5 rings (SSSR count). The Kier molecular flexibility index (Phi) is 9.91. The molecule has 3 aromatic rings. The second kappa shape index (κ2) is 13.4. The molecule has 47 heavy (non-hydrogen) atoms. The Bertz CT molecular complexity index is 1770. The summed E-state index contributed by atoms with van der Waals surface area (Å²) in [4.78, 5) is 37.9. The number of sulfone groups is 1. The quantitative estimate of drug-likeness (QED) is 0.278. The lowest BCUT2D eigenvalue weighted by atomic mass is 9.89. The fourth-order valence-corrected chi connectivity index (χ4v) is 7.84. The first kappa shape index (κ1) is 34.6. The summed E-state index contributed by atoms with van der Waals surface area (Å²) in [6.07, 6.45) is 2.26. The first-order valence-electron chi connectivity index (χ1n) is 16.0. The van der Waals surface area contributed by atoms with Crippen LogP contribution in [0.2, 0.25) is 0 Å². The first-order valence-corrected chi connectivity index (χ1v) is 17.8. The smallest absolute Gasteiger partial charge is 0.410 e. The Morgan fingerprint density at radius 1 is 1.13 bits per heavy atom. The van der Waals surface area contributed by atoms with E-state index in [9.17, 15) is 18.0 Å². The molecule has 4 heterocycles. The minimum absolute atomic E-state index is 0.00378. The molecule has 0 bridgehead atoms. The molecule has 2 aliphatic rings. The van der Waals surface area contributed by atoms with Gasteiger partial charge in [0, 0.05) is 30.6 Å². The Morgan fingerprint density at radius 2 is 1.81 bits per heavy atom. The van der Waals surface area contributed by atoms with Crippen molar-refractivity contribution in [3.05, 3.63) is 63.5 Å². The van der Waals surface area contributed by atoms with Crippen LogP contribution in [0.5, 0.6) is 0 Å². The number of nitrogens with zero attached hydrogens (tertiary/aromatic N) is 3. The summed E-state index contributed by atoms with van der Waals surface area (Å²) >= 11 is 0. The molecule has 2 N–H and O–H groups in total. The van der Waals surface area contributed by atoms with Gasteiger partial charge in [-0.25, -0.2) is 36.4 Å². The van der Waals surface area contributed by atoms with Crippen LogP contribution in [0.3, 0.4) is 0 Å². The molecule has 2 aromatic heterocycles. The van der Waals surface area contributed by atoms with Crippen molar-refractivity contribution in [2.45, 2.75) is 89.7 Å². The number of ether oxygens (including phenoxy) is 1. The van der Waals surface area contributed by atoms with Crippen LogP contribution >= 0.6 is 0 Å². The molecule has 1 aromatic carbocycles. The number of rotatable bonds is 8. The van der Waals surface area contributed by atoms with E-state index in [1.54, 1.807) is 38.7 Å². The number of amides is 1. The highest BCUT2D eigenvalue weighted by atomic mass is 32.2. The van der Waals surface area contributed by atoms with Crippen LogP contribution in [0.25, 0.3) is 11.0 Å². The van der Waals surface area contributed by atoms with Crippen molar-refractivity contribution in [3.8, 4) is 0 Å². The number of fused-ring (bicyclic) bond motifs is 1. The molecule has 2 saturated heterocycles. The minimum Gasteiger partial charge on any atom is -0.444 e. The zero-order valence-electron chi connectivity index (χ0n) is 27.1. The molecule has 2 aliphatic heterocycles. The summed E-state index contributed by atoms with van der Waals surface area (Å²) in [5.41, 5.74) is -0.972. The number of aromatic amines is 1. The van der Waals surface area contributed by atoms with E-state index in [2.05, 4.69) is 20.3 Å². The van der Waals surface area contributed by atoms with Crippen LogP contribution in [-0.4, -0.2) is 64.6 Å². The lowest BCUT2D eigenvalue weighted by molar-refractivity contribution is -0.0261. The Labute approximate surface area is 272 Å². The van der Waals surface area contributed by atoms with Crippen molar-refractivity contribution in [1.82, 2.24) is 19.9 Å². The molecule has 0 aliphatic carbocycles. The van der Waals surface area contributed by atoms with Gasteiger partial charge in [-0.2, -0.15) is 0 Å². The van der Waals surface area contributed by atoms with Gasteiger partial charge in [-0.15, -0.1) is 0 Å². The van der Waals surface area contributed by atoms with E-state index in [1.807, 2.05) is 0 Å². The fraction of sp³-hybridized carbons (Fsp3) is 0.576. The fourth-order valence-electron chi connectivity index (χ4n) is 6.35. The third kappa shape index (κ3) is 8.25. The summed E-state index contributed by atoms with van der Waals surface area (Å²) in [5.74, 6) is -4.43. The number of nitrogens with one attached hydrogen (secondary N) is 2. The molecule has 1 atom stereocenters. The van der Waals surface area contributed by atoms with Crippen molar-refractivity contribution in [2.75, 3.05) is 29.9 Å². The molecule has 14 heteroatoms. The predicted octanol–water partition coefficient (Wildman–Crippen LogP) is 6.44. The minimum atomic E-state index is -3.41. The first-order chi connectivity index (χ1) is 22.0. The predicted molar refractivity (Wildman–Crippen MR) is 173 cm³/mol. The molecular weight excluding hydrogens is 635 g/mol. The van der Waals surface area contributed by atoms with Crippen LogP contribution in [-0.2, 0) is 20.5 Å². The monoisotopic (exact) mass is 677 g/mol. The van der Waals surface area contributed by atoms with E-state index in [0.29, 0.717) is 49.7 Å². The third-order valence-corrected chi connectivity index (χ3v) is 10.8. The van der Waals surface area contributed by atoms with E-state index >= 15 is 13.2 Å². The molecule has 256 valence electrons. The van der Waals surface area contributed by atoms with Gasteiger partial charge in [0.05, 0.1) is 28.5 Å². The summed E-state index contributed by atoms with van der Waals surface area (Å²) in [5, 5.41) is 3.54. The number of anilines is 1. The Balaban J connectivity index is 1.27. The van der Waals surface area contributed by atoms with Crippen LogP contribution in [0.4, 0.5) is 23.8 Å². The van der Waals surface area contributed by atoms with Crippen molar-refractivity contribution in [2.24, 2.45) is 5.92 Å². The maximum atomic E-state index is 15.8.